The Hall–Kier alpha value is -2.03. The van der Waals surface area contributed by atoms with Gasteiger partial charge in [0.25, 0.3) is 0 Å². The first-order chi connectivity index (χ1) is 10.2. The monoisotopic (exact) mass is 285 g/mol. The van der Waals surface area contributed by atoms with Crippen LogP contribution in [-0.2, 0) is 0 Å². The quantitative estimate of drug-likeness (QED) is 0.893. The van der Waals surface area contributed by atoms with Gasteiger partial charge >= 0.3 is 0 Å². The van der Waals surface area contributed by atoms with Crippen molar-refractivity contribution in [3.63, 3.8) is 0 Å². The molecule has 2 nitrogen and oxygen atoms in total. The van der Waals surface area contributed by atoms with Gasteiger partial charge in [-0.05, 0) is 55.0 Å². The van der Waals surface area contributed by atoms with Crippen molar-refractivity contribution in [1.82, 2.24) is 0 Å². The van der Waals surface area contributed by atoms with Gasteiger partial charge in [-0.2, -0.15) is 0 Å². The Morgan fingerprint density at radius 1 is 1.14 bits per heavy atom. The Labute approximate surface area is 125 Å². The molecular weight excluding hydrogens is 265 g/mol. The van der Waals surface area contributed by atoms with Crippen molar-refractivity contribution >= 4 is 5.69 Å². The van der Waals surface area contributed by atoms with Crippen LogP contribution in [0.15, 0.2) is 42.5 Å². The number of hydrogen-bond donors (Lipinski definition) is 1. The topological polar surface area (TPSA) is 21.3 Å². The van der Waals surface area contributed by atoms with E-state index >= 15 is 0 Å². The summed E-state index contributed by atoms with van der Waals surface area (Å²) >= 11 is 0. The van der Waals surface area contributed by atoms with Crippen LogP contribution in [0, 0.1) is 12.7 Å². The highest BCUT2D eigenvalue weighted by Gasteiger charge is 2.32. The highest BCUT2D eigenvalue weighted by atomic mass is 19.1. The summed E-state index contributed by atoms with van der Waals surface area (Å²) in [6.07, 6.45) is 1.91. The lowest BCUT2D eigenvalue weighted by atomic mass is 9.75. The summed E-state index contributed by atoms with van der Waals surface area (Å²) in [7, 11) is 1.68. The second-order valence-corrected chi connectivity index (χ2v) is 5.73. The van der Waals surface area contributed by atoms with E-state index in [0.717, 1.165) is 29.8 Å². The molecule has 0 aliphatic heterocycles. The van der Waals surface area contributed by atoms with E-state index in [1.165, 1.54) is 5.56 Å². The smallest absolute Gasteiger partial charge is 0.141 e. The van der Waals surface area contributed by atoms with Gasteiger partial charge in [-0.1, -0.05) is 24.3 Å². The zero-order valence-corrected chi connectivity index (χ0v) is 12.4. The summed E-state index contributed by atoms with van der Waals surface area (Å²) in [5, 5.41) is 3.51. The Bertz CT molecular complexity index is 635. The van der Waals surface area contributed by atoms with Crippen molar-refractivity contribution < 1.29 is 9.13 Å². The highest BCUT2D eigenvalue weighted by Crippen LogP contribution is 2.40. The molecule has 1 fully saturated rings. The largest absolute Gasteiger partial charge is 0.495 e. The number of anilines is 1. The normalized spacial score (nSPS) is 20.7. The van der Waals surface area contributed by atoms with Crippen LogP contribution in [0.4, 0.5) is 10.1 Å². The fourth-order valence-corrected chi connectivity index (χ4v) is 2.95. The van der Waals surface area contributed by atoms with Crippen molar-refractivity contribution in [2.45, 2.75) is 31.7 Å². The third-order valence-corrected chi connectivity index (χ3v) is 4.20. The van der Waals surface area contributed by atoms with Crippen LogP contribution >= 0.6 is 0 Å². The van der Waals surface area contributed by atoms with E-state index in [4.69, 9.17) is 4.74 Å². The molecule has 0 unspecified atom stereocenters. The minimum atomic E-state index is -0.0888. The zero-order valence-electron chi connectivity index (χ0n) is 12.4. The average Bonchev–Trinajstić information content (AvgIpc) is 2.44. The van der Waals surface area contributed by atoms with Gasteiger partial charge in [0.15, 0.2) is 0 Å². The maximum absolute atomic E-state index is 13.7. The molecule has 0 atom stereocenters. The van der Waals surface area contributed by atoms with Crippen molar-refractivity contribution in [2.24, 2.45) is 0 Å². The molecule has 0 aromatic heterocycles. The van der Waals surface area contributed by atoms with Crippen molar-refractivity contribution in [3.05, 3.63) is 59.4 Å². The van der Waals surface area contributed by atoms with E-state index in [1.807, 2.05) is 24.3 Å². The van der Waals surface area contributed by atoms with Gasteiger partial charge < -0.3 is 10.1 Å². The number of rotatable bonds is 4. The predicted molar refractivity (Wildman–Crippen MR) is 83.5 cm³/mol. The van der Waals surface area contributed by atoms with Crippen molar-refractivity contribution in [3.8, 4) is 5.75 Å². The summed E-state index contributed by atoms with van der Waals surface area (Å²) in [5.41, 5.74) is 3.06. The molecule has 21 heavy (non-hydrogen) atoms. The molecule has 1 aliphatic rings. The number of halogens is 1. The maximum Gasteiger partial charge on any atom is 0.141 e. The van der Waals surface area contributed by atoms with Gasteiger partial charge in [0.05, 0.1) is 12.8 Å². The van der Waals surface area contributed by atoms with Gasteiger partial charge in [-0.25, -0.2) is 4.39 Å². The molecule has 0 amide bonds. The van der Waals surface area contributed by atoms with Gasteiger partial charge in [0, 0.05) is 6.04 Å². The first kappa shape index (κ1) is 13.9. The number of benzene rings is 2. The Balaban J connectivity index is 1.65. The lowest BCUT2D eigenvalue weighted by Crippen LogP contribution is -2.34. The Morgan fingerprint density at radius 2 is 1.90 bits per heavy atom. The molecule has 1 aliphatic carbocycles. The highest BCUT2D eigenvalue weighted by molar-refractivity contribution is 5.59. The first-order valence-electron chi connectivity index (χ1n) is 7.33. The molecular formula is C18H20FNO. The van der Waals surface area contributed by atoms with E-state index < -0.39 is 0 Å². The van der Waals surface area contributed by atoms with Crippen LogP contribution in [-0.4, -0.2) is 13.2 Å². The first-order valence-corrected chi connectivity index (χ1v) is 7.33. The van der Waals surface area contributed by atoms with Crippen LogP contribution in [0.1, 0.15) is 29.9 Å². The summed E-state index contributed by atoms with van der Waals surface area (Å²) < 4.78 is 19.1. The van der Waals surface area contributed by atoms with Gasteiger partial charge in [0.1, 0.15) is 11.6 Å². The average molecular weight is 285 g/mol. The van der Waals surface area contributed by atoms with Gasteiger partial charge in [-0.3, -0.25) is 0 Å². The van der Waals surface area contributed by atoms with E-state index in [9.17, 15) is 4.39 Å². The second-order valence-electron chi connectivity index (χ2n) is 5.73. The lowest BCUT2D eigenvalue weighted by molar-refractivity contribution is 0.360. The standard InChI is InChI=1S/C18H20FNO/c1-12-7-8-18(21-2)17(9-12)20-14-10-13(11-14)15-5-3-4-6-16(15)19/h3-9,13-14,20H,10-11H2,1-2H3. The van der Waals surface area contributed by atoms with E-state index in [-0.39, 0.29) is 5.82 Å². The molecule has 0 heterocycles. The molecule has 110 valence electrons. The third-order valence-electron chi connectivity index (χ3n) is 4.20. The lowest BCUT2D eigenvalue weighted by Gasteiger charge is -2.37. The number of methoxy groups -OCH3 is 1. The molecule has 0 bridgehead atoms. The van der Waals surface area contributed by atoms with Crippen LogP contribution in [0.25, 0.3) is 0 Å². The molecule has 0 radical (unpaired) electrons. The van der Waals surface area contributed by atoms with Crippen molar-refractivity contribution in [1.29, 1.82) is 0 Å². The molecule has 3 rings (SSSR count). The van der Waals surface area contributed by atoms with E-state index in [2.05, 4.69) is 18.3 Å². The van der Waals surface area contributed by atoms with Crippen LogP contribution in [0.2, 0.25) is 0 Å². The third kappa shape index (κ3) is 2.87. The molecule has 2 aromatic rings. The van der Waals surface area contributed by atoms with E-state index in [1.54, 1.807) is 19.2 Å². The van der Waals surface area contributed by atoms with Crippen LogP contribution in [0.3, 0.4) is 0 Å². The fraction of sp³-hybridized carbons (Fsp3) is 0.333. The molecule has 1 saturated carbocycles. The fourth-order valence-electron chi connectivity index (χ4n) is 2.95. The Kier molecular flexibility index (Phi) is 3.82. The van der Waals surface area contributed by atoms with E-state index in [0.29, 0.717) is 12.0 Å². The summed E-state index contributed by atoms with van der Waals surface area (Å²) in [6, 6.07) is 13.6. The molecule has 1 N–H and O–H groups in total. The summed E-state index contributed by atoms with van der Waals surface area (Å²) in [6.45, 7) is 2.06. The summed E-state index contributed by atoms with van der Waals surface area (Å²) in [4.78, 5) is 0. The van der Waals surface area contributed by atoms with Crippen LogP contribution in [0.5, 0.6) is 5.75 Å². The zero-order chi connectivity index (χ0) is 14.8. The van der Waals surface area contributed by atoms with Crippen molar-refractivity contribution in [2.75, 3.05) is 12.4 Å². The number of hydrogen-bond acceptors (Lipinski definition) is 2. The molecule has 2 aromatic carbocycles. The predicted octanol–water partition coefficient (Wildman–Crippen LogP) is 4.50. The van der Waals surface area contributed by atoms with Gasteiger partial charge in [-0.15, -0.1) is 0 Å². The summed E-state index contributed by atoms with van der Waals surface area (Å²) in [5.74, 6) is 1.09. The number of nitrogens with one attached hydrogen (secondary N) is 1. The molecule has 3 heteroatoms. The molecule has 0 spiro atoms. The SMILES string of the molecule is COc1ccc(C)cc1NC1CC(c2ccccc2F)C1. The molecule has 0 saturated heterocycles. The minimum Gasteiger partial charge on any atom is -0.495 e. The maximum atomic E-state index is 13.7. The van der Waals surface area contributed by atoms with Gasteiger partial charge in [0.2, 0.25) is 0 Å². The minimum absolute atomic E-state index is 0.0888. The number of aryl methyl sites for hydroxylation is 1. The van der Waals surface area contributed by atoms with Crippen LogP contribution < -0.4 is 10.1 Å². The second kappa shape index (κ2) is 5.76. The number of ether oxygens (including phenoxy) is 1. The Morgan fingerprint density at radius 3 is 2.62 bits per heavy atom.